The molecule has 0 aromatic heterocycles. The van der Waals surface area contributed by atoms with Gasteiger partial charge < -0.3 is 17.3 Å². The number of nitrogens with one attached hydrogen (secondary N) is 1. The third kappa shape index (κ3) is 10.6. The molecule has 1 rings (SSSR count). The lowest BCUT2D eigenvalue weighted by Gasteiger charge is -2.32. The second-order valence-electron chi connectivity index (χ2n) is 6.97. The second-order valence-corrected chi connectivity index (χ2v) is 6.97. The number of likely N-dealkylation sites (tertiary alicyclic amines) is 1. The lowest BCUT2D eigenvalue weighted by Crippen LogP contribution is -3.16. The molecule has 0 radical (unpaired) electrons. The zero-order chi connectivity index (χ0) is 14.5. The fourth-order valence-corrected chi connectivity index (χ4v) is 3.77. The zero-order valence-corrected chi connectivity index (χ0v) is 15.5. The Morgan fingerprint density at radius 3 is 2.05 bits per heavy atom. The lowest BCUT2D eigenvalue weighted by molar-refractivity contribution is -0.931. The summed E-state index contributed by atoms with van der Waals surface area (Å²) in [6, 6.07) is 1.01. The minimum atomic E-state index is 0. The minimum Gasteiger partial charge on any atom is -1.00 e. The molecule has 0 bridgehead atoms. The van der Waals surface area contributed by atoms with Crippen molar-refractivity contribution in [1.29, 1.82) is 0 Å². The van der Waals surface area contributed by atoms with Gasteiger partial charge in [-0.2, -0.15) is 0 Å². The Balaban J connectivity index is 0.00000400. The van der Waals surface area contributed by atoms with Crippen LogP contribution >= 0.6 is 0 Å². The highest BCUT2D eigenvalue weighted by molar-refractivity contribution is 4.62. The first kappa shape index (κ1) is 21.2. The van der Waals surface area contributed by atoms with E-state index in [0.29, 0.717) is 0 Å². The average Bonchev–Trinajstić information content (AvgIpc) is 2.49. The minimum absolute atomic E-state index is 0. The summed E-state index contributed by atoms with van der Waals surface area (Å²) in [7, 11) is 0. The van der Waals surface area contributed by atoms with Gasteiger partial charge in [0.25, 0.3) is 0 Å². The van der Waals surface area contributed by atoms with Crippen LogP contribution in [0.3, 0.4) is 0 Å². The molecule has 1 saturated heterocycles. The largest absolute Gasteiger partial charge is 1.00 e. The zero-order valence-electron chi connectivity index (χ0n) is 14.8. The van der Waals surface area contributed by atoms with Gasteiger partial charge in [0, 0.05) is 0 Å². The van der Waals surface area contributed by atoms with Gasteiger partial charge in [0.1, 0.15) is 0 Å². The molecule has 0 saturated carbocycles. The maximum atomic E-state index is 2.33. The topological polar surface area (TPSA) is 4.44 Å². The molecule has 0 aromatic rings. The number of piperidine rings is 1. The van der Waals surface area contributed by atoms with Crippen molar-refractivity contribution in [2.75, 3.05) is 13.1 Å². The van der Waals surface area contributed by atoms with Gasteiger partial charge in [-0.3, -0.25) is 0 Å². The molecule has 1 heterocycles. The lowest BCUT2D eigenvalue weighted by atomic mass is 9.97. The van der Waals surface area contributed by atoms with Crippen LogP contribution in [0, 0.1) is 0 Å². The number of hydrogen-bond donors (Lipinski definition) is 1. The predicted octanol–water partition coefficient (Wildman–Crippen LogP) is 1.76. The number of hydrogen-bond acceptors (Lipinski definition) is 0. The van der Waals surface area contributed by atoms with E-state index in [9.17, 15) is 0 Å². The highest BCUT2D eigenvalue weighted by Crippen LogP contribution is 2.11. The van der Waals surface area contributed by atoms with Gasteiger partial charge in [0.15, 0.2) is 0 Å². The first-order chi connectivity index (χ1) is 9.88. The summed E-state index contributed by atoms with van der Waals surface area (Å²) in [6.07, 6.45) is 20.5. The normalized spacial score (nSPS) is 22.0. The van der Waals surface area contributed by atoms with Crippen LogP contribution in [-0.2, 0) is 0 Å². The Kier molecular flexibility index (Phi) is 15.3. The Labute approximate surface area is 140 Å². The van der Waals surface area contributed by atoms with Crippen molar-refractivity contribution in [1.82, 2.24) is 0 Å². The van der Waals surface area contributed by atoms with Gasteiger partial charge in [-0.15, -0.1) is 0 Å². The number of rotatable bonds is 12. The van der Waals surface area contributed by atoms with Crippen molar-refractivity contribution in [2.24, 2.45) is 0 Å². The molecule has 128 valence electrons. The molecule has 2 atom stereocenters. The molecule has 0 amide bonds. The molecule has 1 aliphatic heterocycles. The predicted molar refractivity (Wildman–Crippen MR) is 90.5 cm³/mol. The van der Waals surface area contributed by atoms with Crippen LogP contribution in [0.2, 0.25) is 0 Å². The van der Waals surface area contributed by atoms with Crippen molar-refractivity contribution < 1.29 is 17.3 Å². The van der Waals surface area contributed by atoms with Crippen molar-refractivity contribution in [3.63, 3.8) is 0 Å². The smallest absolute Gasteiger partial charge is 0.0874 e. The van der Waals surface area contributed by atoms with Crippen LogP contribution in [0.1, 0.15) is 104 Å². The van der Waals surface area contributed by atoms with E-state index in [-0.39, 0.29) is 12.4 Å². The molecule has 1 fully saturated rings. The summed E-state index contributed by atoms with van der Waals surface area (Å²) in [6.45, 7) is 7.56. The summed E-state index contributed by atoms with van der Waals surface area (Å²) < 4.78 is 0. The highest BCUT2D eigenvalue weighted by atomic mass is 35.5. The van der Waals surface area contributed by atoms with E-state index in [0.717, 1.165) is 6.04 Å². The van der Waals surface area contributed by atoms with E-state index in [1.807, 2.05) is 4.90 Å². The molecule has 1 aliphatic rings. The van der Waals surface area contributed by atoms with Crippen LogP contribution < -0.4 is 17.3 Å². The number of halogens is 1. The van der Waals surface area contributed by atoms with Gasteiger partial charge in [-0.25, -0.2) is 0 Å². The first-order valence-corrected chi connectivity index (χ1v) is 9.73. The molecular formula is C19H40ClN. The van der Waals surface area contributed by atoms with Crippen LogP contribution in [0.15, 0.2) is 0 Å². The summed E-state index contributed by atoms with van der Waals surface area (Å²) in [4.78, 5) is 1.95. The van der Waals surface area contributed by atoms with Crippen LogP contribution in [-0.4, -0.2) is 19.1 Å². The third-order valence-corrected chi connectivity index (χ3v) is 5.14. The van der Waals surface area contributed by atoms with Crippen molar-refractivity contribution >= 4 is 0 Å². The monoisotopic (exact) mass is 317 g/mol. The van der Waals surface area contributed by atoms with E-state index in [2.05, 4.69) is 13.8 Å². The maximum absolute atomic E-state index is 2.33. The van der Waals surface area contributed by atoms with Gasteiger partial charge in [-0.05, 0) is 44.9 Å². The fourth-order valence-electron chi connectivity index (χ4n) is 3.77. The number of unbranched alkanes of at least 4 members (excludes halogenated alkanes) is 8. The van der Waals surface area contributed by atoms with Gasteiger partial charge >= 0.3 is 0 Å². The molecular weight excluding hydrogens is 278 g/mol. The Morgan fingerprint density at radius 1 is 0.762 bits per heavy atom. The van der Waals surface area contributed by atoms with Crippen LogP contribution in [0.5, 0.6) is 0 Å². The molecule has 2 heteroatoms. The summed E-state index contributed by atoms with van der Waals surface area (Å²) in [5, 5.41) is 0. The van der Waals surface area contributed by atoms with Gasteiger partial charge in [-0.1, -0.05) is 58.8 Å². The molecule has 0 aromatic carbocycles. The molecule has 21 heavy (non-hydrogen) atoms. The van der Waals surface area contributed by atoms with Crippen LogP contribution in [0.25, 0.3) is 0 Å². The molecule has 1 N–H and O–H groups in total. The number of quaternary nitrogens is 1. The molecule has 1 nitrogen and oxygen atoms in total. The van der Waals surface area contributed by atoms with E-state index in [4.69, 9.17) is 0 Å². The van der Waals surface area contributed by atoms with E-state index >= 15 is 0 Å². The van der Waals surface area contributed by atoms with Crippen molar-refractivity contribution in [2.45, 2.75) is 110 Å². The summed E-state index contributed by atoms with van der Waals surface area (Å²) in [5.74, 6) is 0. The fraction of sp³-hybridized carbons (Fsp3) is 1.00. The Bertz CT molecular complexity index is 208. The summed E-state index contributed by atoms with van der Waals surface area (Å²) >= 11 is 0. The van der Waals surface area contributed by atoms with Crippen LogP contribution in [0.4, 0.5) is 0 Å². The SMILES string of the molecule is CCCCCCCCCC[NH+]1CCCCC1CCCC.[Cl-]. The van der Waals surface area contributed by atoms with E-state index in [1.165, 1.54) is 103 Å². The van der Waals surface area contributed by atoms with Gasteiger partial charge in [0.2, 0.25) is 0 Å². The molecule has 2 unspecified atom stereocenters. The van der Waals surface area contributed by atoms with Crippen molar-refractivity contribution in [3.8, 4) is 0 Å². The molecule has 0 spiro atoms. The van der Waals surface area contributed by atoms with E-state index in [1.54, 1.807) is 0 Å². The average molecular weight is 318 g/mol. The molecule has 0 aliphatic carbocycles. The third-order valence-electron chi connectivity index (χ3n) is 5.14. The van der Waals surface area contributed by atoms with E-state index < -0.39 is 0 Å². The second kappa shape index (κ2) is 15.2. The Hall–Kier alpha value is 0.250. The highest BCUT2D eigenvalue weighted by Gasteiger charge is 2.24. The maximum Gasteiger partial charge on any atom is 0.0874 e. The first-order valence-electron chi connectivity index (χ1n) is 9.73. The quantitative estimate of drug-likeness (QED) is 0.523. The Morgan fingerprint density at radius 2 is 1.38 bits per heavy atom. The van der Waals surface area contributed by atoms with Gasteiger partial charge in [0.05, 0.1) is 19.1 Å². The standard InChI is InChI=1S/C19H39N.ClH/c1-3-5-7-8-9-10-11-13-17-20-18-14-12-16-19(20)15-6-4-2;/h19H,3-18H2,1-2H3;1H. The summed E-state index contributed by atoms with van der Waals surface area (Å²) in [5.41, 5.74) is 0. The van der Waals surface area contributed by atoms with Crippen molar-refractivity contribution in [3.05, 3.63) is 0 Å².